The number of amides is 2. The van der Waals surface area contributed by atoms with Crippen LogP contribution < -0.4 is 0 Å². The van der Waals surface area contributed by atoms with Gasteiger partial charge in [-0.1, -0.05) is 12.1 Å². The van der Waals surface area contributed by atoms with Crippen molar-refractivity contribution in [2.24, 2.45) is 0 Å². The lowest BCUT2D eigenvalue weighted by Gasteiger charge is -2.16. The molecule has 2 amide bonds. The van der Waals surface area contributed by atoms with Crippen molar-refractivity contribution < 1.29 is 14.4 Å². The number of fused-ring (bicyclic) bond motifs is 1. The van der Waals surface area contributed by atoms with Crippen LogP contribution in [-0.4, -0.2) is 29.0 Å². The maximum absolute atomic E-state index is 11.8. The quantitative estimate of drug-likeness (QED) is 0.529. The lowest BCUT2D eigenvalue weighted by atomic mass is 10.1. The zero-order valence-electron chi connectivity index (χ0n) is 8.14. The summed E-state index contributed by atoms with van der Waals surface area (Å²) >= 11 is 0. The fraction of sp³-hybridized carbons (Fsp3) is 0.182. The van der Waals surface area contributed by atoms with E-state index in [1.807, 2.05) is 0 Å². The number of nitrogens with zero attached hydrogens (tertiary/aromatic N) is 1. The van der Waals surface area contributed by atoms with E-state index in [2.05, 4.69) is 0 Å². The Hall–Kier alpha value is -1.97. The smallest absolute Gasteiger partial charge is 0.262 e. The monoisotopic (exact) mass is 203 g/mol. The molecule has 1 aromatic carbocycles. The van der Waals surface area contributed by atoms with Gasteiger partial charge in [-0.2, -0.15) is 0 Å². The number of imide groups is 1. The summed E-state index contributed by atoms with van der Waals surface area (Å²) in [6, 6.07) is 5.86. The molecule has 0 spiro atoms. The molecule has 15 heavy (non-hydrogen) atoms. The molecule has 4 heteroatoms. The summed E-state index contributed by atoms with van der Waals surface area (Å²) in [5, 5.41) is 0. The van der Waals surface area contributed by atoms with Gasteiger partial charge in [0.2, 0.25) is 0 Å². The van der Waals surface area contributed by atoms with Crippen LogP contribution >= 0.6 is 0 Å². The van der Waals surface area contributed by atoms with Gasteiger partial charge < -0.3 is 4.79 Å². The minimum Gasteiger partial charge on any atom is -0.301 e. The van der Waals surface area contributed by atoms with Crippen molar-refractivity contribution in [2.75, 3.05) is 0 Å². The summed E-state index contributed by atoms with van der Waals surface area (Å²) < 4.78 is 0. The van der Waals surface area contributed by atoms with E-state index < -0.39 is 17.9 Å². The van der Waals surface area contributed by atoms with Gasteiger partial charge in [-0.25, -0.2) is 0 Å². The van der Waals surface area contributed by atoms with Crippen molar-refractivity contribution in [1.82, 2.24) is 4.90 Å². The topological polar surface area (TPSA) is 54.5 Å². The standard InChI is InChI=1S/C11H9NO3/c1-7(6-13)12-10(14)8-4-2-3-5-9(8)11(12)15/h2-7H,1H3/t7-/m1/s1. The molecular formula is C11H9NO3. The minimum absolute atomic E-state index is 0.371. The second kappa shape index (κ2) is 3.31. The molecule has 0 fully saturated rings. The fourth-order valence-corrected chi connectivity index (χ4v) is 1.64. The molecule has 0 unspecified atom stereocenters. The third-order valence-corrected chi connectivity index (χ3v) is 2.43. The van der Waals surface area contributed by atoms with E-state index in [4.69, 9.17) is 0 Å². The van der Waals surface area contributed by atoms with Crippen LogP contribution in [0.3, 0.4) is 0 Å². The molecule has 0 aromatic heterocycles. The Morgan fingerprint density at radius 3 is 2.00 bits per heavy atom. The van der Waals surface area contributed by atoms with Crippen LogP contribution in [0.1, 0.15) is 27.6 Å². The molecule has 76 valence electrons. The van der Waals surface area contributed by atoms with Gasteiger partial charge in [-0.15, -0.1) is 0 Å². The van der Waals surface area contributed by atoms with Crippen molar-refractivity contribution >= 4 is 18.1 Å². The van der Waals surface area contributed by atoms with E-state index >= 15 is 0 Å². The Balaban J connectivity index is 2.50. The predicted octanol–water partition coefficient (Wildman–Crippen LogP) is 0.870. The molecule has 1 heterocycles. The molecule has 0 N–H and O–H groups in total. The summed E-state index contributed by atoms with van der Waals surface area (Å²) in [5.41, 5.74) is 0.743. The first kappa shape index (κ1) is 9.58. The molecule has 0 bridgehead atoms. The summed E-state index contributed by atoms with van der Waals surface area (Å²) in [7, 11) is 0. The second-order valence-electron chi connectivity index (χ2n) is 3.40. The average molecular weight is 203 g/mol. The van der Waals surface area contributed by atoms with Crippen molar-refractivity contribution in [3.8, 4) is 0 Å². The number of aldehydes is 1. The van der Waals surface area contributed by atoms with Crippen LogP contribution in [0.5, 0.6) is 0 Å². The lowest BCUT2D eigenvalue weighted by molar-refractivity contribution is -0.110. The first-order valence-corrected chi connectivity index (χ1v) is 4.59. The zero-order valence-corrected chi connectivity index (χ0v) is 8.14. The first-order valence-electron chi connectivity index (χ1n) is 4.59. The highest BCUT2D eigenvalue weighted by Gasteiger charge is 2.37. The van der Waals surface area contributed by atoms with E-state index in [9.17, 15) is 14.4 Å². The van der Waals surface area contributed by atoms with Gasteiger partial charge in [0.05, 0.1) is 17.2 Å². The third-order valence-electron chi connectivity index (χ3n) is 2.43. The minimum atomic E-state index is -0.711. The van der Waals surface area contributed by atoms with E-state index in [0.717, 1.165) is 4.90 Å². The number of carbonyl (C=O) groups is 3. The van der Waals surface area contributed by atoms with Gasteiger partial charge in [0.15, 0.2) is 0 Å². The van der Waals surface area contributed by atoms with Gasteiger partial charge >= 0.3 is 0 Å². The maximum atomic E-state index is 11.8. The lowest BCUT2D eigenvalue weighted by Crippen LogP contribution is -2.38. The Kier molecular flexibility index (Phi) is 2.11. The molecule has 1 aliphatic rings. The van der Waals surface area contributed by atoms with Gasteiger partial charge in [0.1, 0.15) is 6.29 Å². The molecule has 0 saturated heterocycles. The van der Waals surface area contributed by atoms with E-state index in [-0.39, 0.29) is 0 Å². The summed E-state index contributed by atoms with van der Waals surface area (Å²) in [5.74, 6) is -0.787. The first-order chi connectivity index (χ1) is 7.16. The number of rotatable bonds is 2. The van der Waals surface area contributed by atoms with Crippen molar-refractivity contribution in [3.05, 3.63) is 35.4 Å². The Morgan fingerprint density at radius 1 is 1.13 bits per heavy atom. The highest BCUT2D eigenvalue weighted by molar-refractivity contribution is 6.22. The average Bonchev–Trinajstić information content (AvgIpc) is 2.52. The van der Waals surface area contributed by atoms with Gasteiger partial charge in [-0.05, 0) is 19.1 Å². The molecule has 4 nitrogen and oxygen atoms in total. The van der Waals surface area contributed by atoms with Crippen LogP contribution in [0, 0.1) is 0 Å². The number of hydrogen-bond acceptors (Lipinski definition) is 3. The van der Waals surface area contributed by atoms with Crippen LogP contribution in [0.4, 0.5) is 0 Å². The molecule has 0 saturated carbocycles. The van der Waals surface area contributed by atoms with Gasteiger partial charge in [-0.3, -0.25) is 14.5 Å². The van der Waals surface area contributed by atoms with Gasteiger partial charge in [0, 0.05) is 0 Å². The molecule has 0 radical (unpaired) electrons. The normalized spacial score (nSPS) is 16.5. The van der Waals surface area contributed by atoms with Crippen molar-refractivity contribution in [2.45, 2.75) is 13.0 Å². The Labute approximate surface area is 86.5 Å². The van der Waals surface area contributed by atoms with Crippen LogP contribution in [-0.2, 0) is 4.79 Å². The van der Waals surface area contributed by atoms with E-state index in [1.165, 1.54) is 6.92 Å². The van der Waals surface area contributed by atoms with E-state index in [1.54, 1.807) is 24.3 Å². The molecule has 0 aliphatic carbocycles. The third kappa shape index (κ3) is 1.26. The molecule has 1 aromatic rings. The summed E-state index contributed by atoms with van der Waals surface area (Å²) in [6.45, 7) is 1.52. The largest absolute Gasteiger partial charge is 0.301 e. The SMILES string of the molecule is C[C@H](C=O)N1C(=O)c2ccccc2C1=O. The summed E-state index contributed by atoms with van der Waals surface area (Å²) in [6.07, 6.45) is 0.585. The predicted molar refractivity (Wildman–Crippen MR) is 52.5 cm³/mol. The number of hydrogen-bond donors (Lipinski definition) is 0. The van der Waals surface area contributed by atoms with Crippen molar-refractivity contribution in [1.29, 1.82) is 0 Å². The zero-order chi connectivity index (χ0) is 11.0. The summed E-state index contributed by atoms with van der Waals surface area (Å²) in [4.78, 5) is 35.1. The highest BCUT2D eigenvalue weighted by atomic mass is 16.2. The number of benzene rings is 1. The molecule has 1 atom stereocenters. The second-order valence-corrected chi connectivity index (χ2v) is 3.40. The van der Waals surface area contributed by atoms with Crippen LogP contribution in [0.25, 0.3) is 0 Å². The fourth-order valence-electron chi connectivity index (χ4n) is 1.64. The Bertz CT molecular complexity index is 418. The maximum Gasteiger partial charge on any atom is 0.262 e. The molecule has 1 aliphatic heterocycles. The van der Waals surface area contributed by atoms with Gasteiger partial charge in [0.25, 0.3) is 11.8 Å². The van der Waals surface area contributed by atoms with E-state index in [0.29, 0.717) is 17.4 Å². The number of carbonyl (C=O) groups excluding carboxylic acids is 3. The molecular weight excluding hydrogens is 194 g/mol. The van der Waals surface area contributed by atoms with Crippen LogP contribution in [0.15, 0.2) is 24.3 Å². The van der Waals surface area contributed by atoms with Crippen LogP contribution in [0.2, 0.25) is 0 Å². The highest BCUT2D eigenvalue weighted by Crippen LogP contribution is 2.23. The van der Waals surface area contributed by atoms with Crippen molar-refractivity contribution in [3.63, 3.8) is 0 Å². The molecule has 2 rings (SSSR count). The Morgan fingerprint density at radius 2 is 1.60 bits per heavy atom.